The van der Waals surface area contributed by atoms with Crippen LogP contribution in [-0.2, 0) is 42.9 Å². The molecule has 0 aliphatic carbocycles. The van der Waals surface area contributed by atoms with Crippen molar-refractivity contribution in [3.8, 4) is 0 Å². The Morgan fingerprint density at radius 2 is 1.43 bits per heavy atom. The number of rotatable bonds is 24. The Balaban J connectivity index is 2.53. The number of hydrogen-bond donors (Lipinski definition) is 6. The quantitative estimate of drug-likeness (QED) is 0.0610. The van der Waals surface area contributed by atoms with E-state index in [0.29, 0.717) is 13.0 Å². The number of amides is 3. The molecular weight excluding hydrogens is 606 g/mol. The Hall–Kier alpha value is -2.85. The van der Waals surface area contributed by atoms with Crippen LogP contribution in [-0.4, -0.2) is 115 Å². The van der Waals surface area contributed by atoms with Gasteiger partial charge in [0.2, 0.25) is 17.7 Å². The molecule has 0 saturated carbocycles. The molecule has 6 N–H and O–H groups in total. The molecule has 15 heteroatoms. The van der Waals surface area contributed by atoms with E-state index < -0.39 is 73.0 Å². The number of aliphatic hydroxyl groups excluding tert-OH is 3. The van der Waals surface area contributed by atoms with Crippen LogP contribution in [0.25, 0.3) is 0 Å². The second kappa shape index (κ2) is 24.3. The first-order valence-corrected chi connectivity index (χ1v) is 16.4. The van der Waals surface area contributed by atoms with Crippen molar-refractivity contribution in [2.45, 2.75) is 135 Å². The predicted molar refractivity (Wildman–Crippen MR) is 165 cm³/mol. The number of hydrogen-bond acceptors (Lipinski definition) is 12. The van der Waals surface area contributed by atoms with Crippen molar-refractivity contribution < 1.29 is 58.2 Å². The van der Waals surface area contributed by atoms with Gasteiger partial charge in [0, 0.05) is 32.7 Å². The van der Waals surface area contributed by atoms with Gasteiger partial charge < -0.3 is 50.2 Å². The number of aliphatic hydroxyl groups is 3. The van der Waals surface area contributed by atoms with Gasteiger partial charge in [0.1, 0.15) is 30.4 Å². The van der Waals surface area contributed by atoms with Gasteiger partial charge >= 0.3 is 11.9 Å². The van der Waals surface area contributed by atoms with E-state index in [9.17, 15) is 39.3 Å². The second-order valence-electron chi connectivity index (χ2n) is 11.3. The van der Waals surface area contributed by atoms with Crippen molar-refractivity contribution >= 4 is 29.7 Å². The molecule has 1 aliphatic heterocycles. The van der Waals surface area contributed by atoms with E-state index in [1.807, 2.05) is 0 Å². The van der Waals surface area contributed by atoms with Crippen molar-refractivity contribution in [1.82, 2.24) is 16.0 Å². The lowest BCUT2D eigenvalue weighted by molar-refractivity contribution is -0.269. The Morgan fingerprint density at radius 3 is 2.04 bits per heavy atom. The van der Waals surface area contributed by atoms with Crippen LogP contribution < -0.4 is 16.0 Å². The third-order valence-corrected chi connectivity index (χ3v) is 7.30. The summed E-state index contributed by atoms with van der Waals surface area (Å²) in [5, 5.41) is 37.4. The smallest absolute Gasteiger partial charge is 0.328 e. The van der Waals surface area contributed by atoms with E-state index in [2.05, 4.69) is 29.8 Å². The number of ether oxygens (including phenoxy) is 4. The zero-order valence-corrected chi connectivity index (χ0v) is 27.5. The molecule has 1 aliphatic rings. The number of esters is 2. The molecule has 0 radical (unpaired) electrons. The van der Waals surface area contributed by atoms with Crippen LogP contribution in [0.15, 0.2) is 0 Å². The lowest BCUT2D eigenvalue weighted by Crippen LogP contribution is -2.64. The Kier molecular flexibility index (Phi) is 21.8. The molecule has 0 aromatic heterocycles. The molecule has 0 bridgehead atoms. The third-order valence-electron chi connectivity index (χ3n) is 7.30. The number of carbonyl (C=O) groups excluding carboxylic acids is 5. The molecule has 266 valence electrons. The lowest BCUT2D eigenvalue weighted by Gasteiger charge is -2.42. The summed E-state index contributed by atoms with van der Waals surface area (Å²) in [6, 6.07) is -2.18. The highest BCUT2D eigenvalue weighted by Crippen LogP contribution is 2.22. The molecule has 46 heavy (non-hydrogen) atoms. The number of unbranched alkanes of at least 4 members (excludes halogenated alkanes) is 6. The summed E-state index contributed by atoms with van der Waals surface area (Å²) in [6.45, 7) is 5.16. The summed E-state index contributed by atoms with van der Waals surface area (Å²) >= 11 is 0. The molecular formula is C31H55N3O12. The van der Waals surface area contributed by atoms with Gasteiger partial charge in [-0.15, -0.1) is 0 Å². The fourth-order valence-electron chi connectivity index (χ4n) is 4.66. The van der Waals surface area contributed by atoms with Crippen molar-refractivity contribution in [2.75, 3.05) is 33.0 Å². The van der Waals surface area contributed by atoms with Crippen molar-refractivity contribution in [1.29, 1.82) is 0 Å². The van der Waals surface area contributed by atoms with Crippen LogP contribution >= 0.6 is 0 Å². The van der Waals surface area contributed by atoms with Gasteiger partial charge in [0.05, 0.1) is 26.4 Å². The molecule has 0 unspecified atom stereocenters. The minimum atomic E-state index is -1.46. The molecule has 3 amide bonds. The molecule has 0 spiro atoms. The van der Waals surface area contributed by atoms with Crippen molar-refractivity contribution in [3.63, 3.8) is 0 Å². The topological polar surface area (TPSA) is 219 Å². The van der Waals surface area contributed by atoms with E-state index in [1.54, 1.807) is 0 Å². The van der Waals surface area contributed by atoms with Crippen LogP contribution in [0.4, 0.5) is 0 Å². The van der Waals surface area contributed by atoms with Crippen molar-refractivity contribution in [3.05, 3.63) is 0 Å². The predicted octanol–water partition coefficient (Wildman–Crippen LogP) is 0.355. The maximum atomic E-state index is 12.7. The summed E-state index contributed by atoms with van der Waals surface area (Å²) in [5.41, 5.74) is 0. The van der Waals surface area contributed by atoms with Crippen LogP contribution in [0.2, 0.25) is 0 Å². The fraction of sp³-hybridized carbons (Fsp3) is 0.839. The van der Waals surface area contributed by atoms with E-state index in [1.165, 1.54) is 6.92 Å². The van der Waals surface area contributed by atoms with Crippen LogP contribution in [0, 0.1) is 0 Å². The highest BCUT2D eigenvalue weighted by Gasteiger charge is 2.45. The van der Waals surface area contributed by atoms with Gasteiger partial charge in [-0.2, -0.15) is 0 Å². The number of carbonyl (C=O) groups is 5. The summed E-state index contributed by atoms with van der Waals surface area (Å²) in [4.78, 5) is 61.4. The average Bonchev–Trinajstić information content (AvgIpc) is 3.02. The third kappa shape index (κ3) is 17.2. The molecule has 1 fully saturated rings. The average molecular weight is 662 g/mol. The molecule has 1 heterocycles. The van der Waals surface area contributed by atoms with E-state index >= 15 is 0 Å². The van der Waals surface area contributed by atoms with Crippen LogP contribution in [0.5, 0.6) is 0 Å². The Labute approximate surface area is 271 Å². The summed E-state index contributed by atoms with van der Waals surface area (Å²) in [7, 11) is 0. The zero-order chi connectivity index (χ0) is 34.3. The van der Waals surface area contributed by atoms with Gasteiger partial charge in [-0.25, -0.2) is 4.79 Å². The summed E-state index contributed by atoms with van der Waals surface area (Å²) in [5.74, 6) is -2.66. The first-order valence-electron chi connectivity index (χ1n) is 16.4. The minimum Gasteiger partial charge on any atom is -0.466 e. The monoisotopic (exact) mass is 661 g/mol. The zero-order valence-electron chi connectivity index (χ0n) is 27.5. The molecule has 15 nitrogen and oxygen atoms in total. The normalized spacial score (nSPS) is 21.6. The van der Waals surface area contributed by atoms with E-state index in [4.69, 9.17) is 18.9 Å². The Morgan fingerprint density at radius 1 is 0.804 bits per heavy atom. The summed E-state index contributed by atoms with van der Waals surface area (Å²) < 4.78 is 21.6. The van der Waals surface area contributed by atoms with Gasteiger partial charge in [-0.1, -0.05) is 52.4 Å². The van der Waals surface area contributed by atoms with Gasteiger partial charge in [0.25, 0.3) is 0 Å². The first-order chi connectivity index (χ1) is 22.0. The van der Waals surface area contributed by atoms with Gasteiger partial charge in [-0.3, -0.25) is 19.2 Å². The highest BCUT2D eigenvalue weighted by atomic mass is 16.7. The highest BCUT2D eigenvalue weighted by molar-refractivity contribution is 5.87. The van der Waals surface area contributed by atoms with E-state index in [0.717, 1.165) is 44.9 Å². The molecule has 1 rings (SSSR count). The van der Waals surface area contributed by atoms with Gasteiger partial charge in [0.15, 0.2) is 6.29 Å². The number of nitrogens with one attached hydrogen (secondary N) is 3. The molecule has 1 saturated heterocycles. The Bertz CT molecular complexity index is 921. The van der Waals surface area contributed by atoms with Crippen LogP contribution in [0.1, 0.15) is 97.8 Å². The molecule has 0 aromatic carbocycles. The van der Waals surface area contributed by atoms with Crippen molar-refractivity contribution in [2.24, 2.45) is 0 Å². The van der Waals surface area contributed by atoms with Gasteiger partial charge in [-0.05, 0) is 19.3 Å². The van der Waals surface area contributed by atoms with Crippen LogP contribution in [0.3, 0.4) is 0 Å². The van der Waals surface area contributed by atoms with E-state index in [-0.39, 0.29) is 45.4 Å². The summed E-state index contributed by atoms with van der Waals surface area (Å²) in [6.07, 6.45) is 1.72. The largest absolute Gasteiger partial charge is 0.466 e. The standard InChI is InChI=1S/C31H55N3O12/c1-4-6-8-10-17-43-26(39)15-12-22(30(42)44-18-11-9-7-5-2)34-25(38)14-13-24(37)32-16-19-45-31-27(33-21(3)36)29(41)28(40)23(20-35)46-31/h22-23,27-29,31,35,40-41H,4-20H2,1-3H3,(H,32,37)(H,33,36)(H,34,38)/t22-,23+,27+,28-,29+,31+/m0/s1. The fourth-order valence-corrected chi connectivity index (χ4v) is 4.66. The first kappa shape index (κ1) is 41.2. The molecule has 0 aromatic rings. The minimum absolute atomic E-state index is 0.00242. The SMILES string of the molecule is CCCCCCOC(=O)CC[C@H](NC(=O)CCC(=O)NCCO[C@@H]1O[C@H](CO)[C@H](O)[C@H](O)[C@H]1NC(C)=O)C(=O)OCCCCCC. The maximum Gasteiger partial charge on any atom is 0.328 e. The molecule has 6 atom stereocenters. The second-order valence-corrected chi connectivity index (χ2v) is 11.3. The lowest BCUT2D eigenvalue weighted by atomic mass is 9.97. The maximum absolute atomic E-state index is 12.7.